The van der Waals surface area contributed by atoms with E-state index in [1.54, 1.807) is 6.26 Å². The molecule has 0 radical (unpaired) electrons. The summed E-state index contributed by atoms with van der Waals surface area (Å²) < 4.78 is 11.1. The lowest BCUT2D eigenvalue weighted by atomic mass is 10.1. The van der Waals surface area contributed by atoms with Gasteiger partial charge in [0.05, 0.1) is 12.8 Å². The zero-order valence-electron chi connectivity index (χ0n) is 13.3. The van der Waals surface area contributed by atoms with Gasteiger partial charge in [0.2, 0.25) is 0 Å². The quantitative estimate of drug-likeness (QED) is 0.700. The van der Waals surface area contributed by atoms with E-state index in [9.17, 15) is 0 Å². The largest absolute Gasteiger partial charge is 0.489 e. The van der Waals surface area contributed by atoms with Crippen LogP contribution in [0, 0.1) is 6.92 Å². The molecule has 0 spiro atoms. The predicted molar refractivity (Wildman–Crippen MR) is 91.2 cm³/mol. The highest BCUT2D eigenvalue weighted by atomic mass is 16.5. The van der Waals surface area contributed by atoms with Crippen molar-refractivity contribution in [1.82, 2.24) is 5.32 Å². The minimum atomic E-state index is 0.595. The van der Waals surface area contributed by atoms with Crippen molar-refractivity contribution in [2.45, 2.75) is 26.6 Å². The molecule has 3 rings (SSSR count). The molecule has 0 bridgehead atoms. The third kappa shape index (κ3) is 4.73. The Hall–Kier alpha value is -2.52. The molecule has 0 fully saturated rings. The number of nitrogens with one attached hydrogen (secondary N) is 1. The molecule has 0 aliphatic carbocycles. The Bertz CT molecular complexity index is 718. The Morgan fingerprint density at radius 3 is 2.52 bits per heavy atom. The third-order valence-electron chi connectivity index (χ3n) is 3.62. The van der Waals surface area contributed by atoms with E-state index in [1.165, 1.54) is 16.7 Å². The molecular weight excluding hydrogens is 286 g/mol. The fourth-order valence-electron chi connectivity index (χ4n) is 2.42. The summed E-state index contributed by atoms with van der Waals surface area (Å²) in [6.07, 6.45) is 1.69. The normalized spacial score (nSPS) is 10.7. The van der Waals surface area contributed by atoms with Gasteiger partial charge in [0.15, 0.2) is 0 Å². The van der Waals surface area contributed by atoms with Crippen LogP contribution in [0.15, 0.2) is 71.3 Å². The van der Waals surface area contributed by atoms with Gasteiger partial charge in [-0.2, -0.15) is 0 Å². The van der Waals surface area contributed by atoms with E-state index in [0.29, 0.717) is 6.61 Å². The van der Waals surface area contributed by atoms with Gasteiger partial charge < -0.3 is 14.5 Å². The van der Waals surface area contributed by atoms with Crippen LogP contribution in [0.25, 0.3) is 0 Å². The lowest BCUT2D eigenvalue weighted by Crippen LogP contribution is -2.11. The summed E-state index contributed by atoms with van der Waals surface area (Å²) in [5.74, 6) is 1.84. The summed E-state index contributed by atoms with van der Waals surface area (Å²) in [6.45, 7) is 4.23. The van der Waals surface area contributed by atoms with Gasteiger partial charge in [-0.15, -0.1) is 0 Å². The monoisotopic (exact) mass is 307 g/mol. The van der Waals surface area contributed by atoms with Crippen LogP contribution in [-0.2, 0) is 19.7 Å². The first-order chi connectivity index (χ1) is 11.3. The van der Waals surface area contributed by atoms with Crippen LogP contribution in [0.4, 0.5) is 0 Å². The van der Waals surface area contributed by atoms with Gasteiger partial charge >= 0.3 is 0 Å². The fraction of sp³-hybridized carbons (Fsp3) is 0.200. The number of benzene rings is 2. The van der Waals surface area contributed by atoms with Gasteiger partial charge in [-0.25, -0.2) is 0 Å². The van der Waals surface area contributed by atoms with Crippen LogP contribution >= 0.6 is 0 Å². The lowest BCUT2D eigenvalue weighted by molar-refractivity contribution is 0.306. The van der Waals surface area contributed by atoms with Crippen LogP contribution in [0.5, 0.6) is 5.75 Å². The molecule has 0 atom stereocenters. The molecule has 23 heavy (non-hydrogen) atoms. The molecule has 1 aromatic heterocycles. The standard InChI is InChI=1S/C20H21NO2/c1-16-4-2-5-18(12-16)15-23-19-9-7-17(8-10-19)13-21-14-20-6-3-11-22-20/h2-12,21H,13-15H2,1H3. The highest BCUT2D eigenvalue weighted by Gasteiger charge is 1.99. The van der Waals surface area contributed by atoms with Crippen molar-refractivity contribution in [1.29, 1.82) is 0 Å². The maximum Gasteiger partial charge on any atom is 0.119 e. The molecule has 1 heterocycles. The molecule has 0 unspecified atom stereocenters. The second kappa shape index (κ2) is 7.65. The van der Waals surface area contributed by atoms with Gasteiger partial charge in [-0.05, 0) is 42.3 Å². The first-order valence-corrected chi connectivity index (χ1v) is 7.80. The minimum absolute atomic E-state index is 0.595. The Morgan fingerprint density at radius 2 is 1.78 bits per heavy atom. The number of aryl methyl sites for hydroxylation is 1. The van der Waals surface area contributed by atoms with Crippen molar-refractivity contribution in [3.63, 3.8) is 0 Å². The SMILES string of the molecule is Cc1cccc(COc2ccc(CNCc3ccco3)cc2)c1. The van der Waals surface area contributed by atoms with E-state index in [0.717, 1.165) is 24.6 Å². The summed E-state index contributed by atoms with van der Waals surface area (Å²) >= 11 is 0. The van der Waals surface area contributed by atoms with Crippen LogP contribution in [0.2, 0.25) is 0 Å². The van der Waals surface area contributed by atoms with Crippen molar-refractivity contribution in [3.05, 3.63) is 89.4 Å². The predicted octanol–water partition coefficient (Wildman–Crippen LogP) is 4.46. The Kier molecular flexibility index (Phi) is 5.12. The van der Waals surface area contributed by atoms with Crippen LogP contribution in [0.1, 0.15) is 22.5 Å². The highest BCUT2D eigenvalue weighted by molar-refractivity contribution is 5.28. The van der Waals surface area contributed by atoms with Crippen LogP contribution < -0.4 is 10.1 Å². The van der Waals surface area contributed by atoms with Crippen LogP contribution in [-0.4, -0.2) is 0 Å². The lowest BCUT2D eigenvalue weighted by Gasteiger charge is -2.08. The average molecular weight is 307 g/mol. The van der Waals surface area contributed by atoms with Crippen LogP contribution in [0.3, 0.4) is 0 Å². The maximum atomic E-state index is 5.83. The molecule has 1 N–H and O–H groups in total. The average Bonchev–Trinajstić information content (AvgIpc) is 3.08. The van der Waals surface area contributed by atoms with Crippen molar-refractivity contribution in [2.75, 3.05) is 0 Å². The number of hydrogen-bond donors (Lipinski definition) is 1. The first-order valence-electron chi connectivity index (χ1n) is 7.80. The van der Waals surface area contributed by atoms with Crippen molar-refractivity contribution < 1.29 is 9.15 Å². The molecule has 0 aliphatic heterocycles. The molecule has 3 nitrogen and oxygen atoms in total. The molecule has 0 saturated heterocycles. The molecule has 3 aromatic rings. The summed E-state index contributed by atoms with van der Waals surface area (Å²) in [6, 6.07) is 20.4. The first kappa shape index (κ1) is 15.4. The molecular formula is C20H21NO2. The zero-order chi connectivity index (χ0) is 15.9. The molecule has 0 amide bonds. The molecule has 3 heteroatoms. The van der Waals surface area contributed by atoms with E-state index < -0.39 is 0 Å². The zero-order valence-corrected chi connectivity index (χ0v) is 13.3. The molecule has 0 saturated carbocycles. The Labute approximate surface area is 136 Å². The van der Waals surface area contributed by atoms with Gasteiger partial charge in [-0.1, -0.05) is 42.0 Å². The van der Waals surface area contributed by atoms with Crippen molar-refractivity contribution >= 4 is 0 Å². The molecule has 0 aliphatic rings. The van der Waals surface area contributed by atoms with E-state index in [-0.39, 0.29) is 0 Å². The minimum Gasteiger partial charge on any atom is -0.489 e. The number of ether oxygens (including phenoxy) is 1. The van der Waals surface area contributed by atoms with Crippen molar-refractivity contribution in [3.8, 4) is 5.75 Å². The van der Waals surface area contributed by atoms with Gasteiger partial charge in [0.1, 0.15) is 18.1 Å². The Balaban J connectivity index is 1.47. The van der Waals surface area contributed by atoms with E-state index in [2.05, 4.69) is 48.6 Å². The summed E-state index contributed by atoms with van der Waals surface area (Å²) in [5.41, 5.74) is 3.66. The second-order valence-electron chi connectivity index (χ2n) is 5.60. The van der Waals surface area contributed by atoms with E-state index in [1.807, 2.05) is 24.3 Å². The number of rotatable bonds is 7. The summed E-state index contributed by atoms with van der Waals surface area (Å²) in [7, 11) is 0. The van der Waals surface area contributed by atoms with Gasteiger partial charge in [0.25, 0.3) is 0 Å². The second-order valence-corrected chi connectivity index (χ2v) is 5.60. The summed E-state index contributed by atoms with van der Waals surface area (Å²) in [4.78, 5) is 0. The maximum absolute atomic E-state index is 5.83. The van der Waals surface area contributed by atoms with E-state index >= 15 is 0 Å². The van der Waals surface area contributed by atoms with E-state index in [4.69, 9.17) is 9.15 Å². The van der Waals surface area contributed by atoms with Gasteiger partial charge in [0, 0.05) is 6.54 Å². The van der Waals surface area contributed by atoms with Crippen molar-refractivity contribution in [2.24, 2.45) is 0 Å². The molecule has 118 valence electrons. The smallest absolute Gasteiger partial charge is 0.119 e. The molecule has 2 aromatic carbocycles. The highest BCUT2D eigenvalue weighted by Crippen LogP contribution is 2.15. The fourth-order valence-corrected chi connectivity index (χ4v) is 2.42. The Morgan fingerprint density at radius 1 is 0.913 bits per heavy atom. The summed E-state index contributed by atoms with van der Waals surface area (Å²) in [5, 5.41) is 3.35. The van der Waals surface area contributed by atoms with Gasteiger partial charge in [-0.3, -0.25) is 0 Å². The number of hydrogen-bond acceptors (Lipinski definition) is 3. The third-order valence-corrected chi connectivity index (χ3v) is 3.62. The number of furan rings is 1. The topological polar surface area (TPSA) is 34.4 Å².